The molecule has 0 spiro atoms. The van der Waals surface area contributed by atoms with Crippen molar-refractivity contribution < 1.29 is 39.8 Å². The van der Waals surface area contributed by atoms with Crippen molar-refractivity contribution in [1.82, 2.24) is 5.32 Å². The topological polar surface area (TPSA) is 149 Å². The van der Waals surface area contributed by atoms with Crippen LogP contribution in [0.25, 0.3) is 0 Å². The molecule has 1 amide bonds. The molecule has 0 radical (unpaired) electrons. The SMILES string of the molecule is CCCCCCCCCCCCCC/C=C\CCCCCCCCCCCCCCCC(=O)NC(COC1OC(CO)C(O)C(O)C1O)C(O)CCCCCCCCCCCCCCC. The van der Waals surface area contributed by atoms with Gasteiger partial charge in [-0.3, -0.25) is 4.79 Å². The molecule has 65 heavy (non-hydrogen) atoms. The maximum Gasteiger partial charge on any atom is 0.220 e. The second kappa shape index (κ2) is 46.6. The van der Waals surface area contributed by atoms with Crippen LogP contribution < -0.4 is 5.32 Å². The number of aliphatic hydroxyl groups excluding tert-OH is 5. The highest BCUT2D eigenvalue weighted by Crippen LogP contribution is 2.23. The number of rotatable bonds is 49. The molecule has 0 aromatic rings. The smallest absolute Gasteiger partial charge is 0.220 e. The van der Waals surface area contributed by atoms with Gasteiger partial charge in [-0.25, -0.2) is 0 Å². The normalized spacial score (nSPS) is 19.9. The molecule has 386 valence electrons. The van der Waals surface area contributed by atoms with Crippen LogP contribution in [0.4, 0.5) is 0 Å². The zero-order chi connectivity index (χ0) is 47.3. The molecule has 0 aromatic carbocycles. The number of aliphatic hydroxyl groups is 5. The van der Waals surface area contributed by atoms with Gasteiger partial charge in [-0.2, -0.15) is 0 Å². The summed E-state index contributed by atoms with van der Waals surface area (Å²) in [6, 6.07) is -0.715. The molecule has 1 aliphatic rings. The zero-order valence-corrected chi connectivity index (χ0v) is 42.8. The Hall–Kier alpha value is -1.07. The molecule has 1 fully saturated rings. The lowest BCUT2D eigenvalue weighted by atomic mass is 9.99. The Morgan fingerprint density at radius 3 is 1.25 bits per heavy atom. The summed E-state index contributed by atoms with van der Waals surface area (Å²) >= 11 is 0. The lowest BCUT2D eigenvalue weighted by molar-refractivity contribution is -0.302. The largest absolute Gasteiger partial charge is 0.394 e. The van der Waals surface area contributed by atoms with E-state index in [1.165, 1.54) is 218 Å². The first-order valence-electron chi connectivity index (χ1n) is 28.4. The van der Waals surface area contributed by atoms with E-state index in [-0.39, 0.29) is 12.5 Å². The molecule has 7 unspecified atom stereocenters. The van der Waals surface area contributed by atoms with Gasteiger partial charge in [-0.15, -0.1) is 0 Å². The second-order valence-corrected chi connectivity index (χ2v) is 20.1. The second-order valence-electron chi connectivity index (χ2n) is 20.1. The first-order valence-corrected chi connectivity index (χ1v) is 28.4. The van der Waals surface area contributed by atoms with E-state index in [4.69, 9.17) is 9.47 Å². The Morgan fingerprint density at radius 2 is 0.862 bits per heavy atom. The molecule has 1 saturated heterocycles. The summed E-state index contributed by atoms with van der Waals surface area (Å²) in [5.74, 6) is -0.140. The van der Waals surface area contributed by atoms with Crippen molar-refractivity contribution >= 4 is 5.91 Å². The van der Waals surface area contributed by atoms with E-state index in [9.17, 15) is 30.3 Å². The fourth-order valence-electron chi connectivity index (χ4n) is 9.34. The number of carbonyl (C=O) groups is 1. The predicted octanol–water partition coefficient (Wildman–Crippen LogP) is 13.6. The number of hydrogen-bond acceptors (Lipinski definition) is 8. The van der Waals surface area contributed by atoms with Crippen molar-refractivity contribution in [2.75, 3.05) is 13.2 Å². The summed E-state index contributed by atoms with van der Waals surface area (Å²) in [7, 11) is 0. The van der Waals surface area contributed by atoms with Crippen molar-refractivity contribution in [2.45, 2.75) is 326 Å². The van der Waals surface area contributed by atoms with Gasteiger partial charge in [0.05, 0.1) is 25.4 Å². The highest BCUT2D eigenvalue weighted by Gasteiger charge is 2.44. The van der Waals surface area contributed by atoms with Crippen LogP contribution in [0.5, 0.6) is 0 Å². The van der Waals surface area contributed by atoms with Crippen molar-refractivity contribution in [3.8, 4) is 0 Å². The summed E-state index contributed by atoms with van der Waals surface area (Å²) in [6.07, 6.45) is 49.6. The monoisotopic (exact) mass is 924 g/mol. The number of allylic oxidation sites excluding steroid dienone is 2. The summed E-state index contributed by atoms with van der Waals surface area (Å²) in [6.45, 7) is 3.86. The average molecular weight is 924 g/mol. The molecule has 1 aliphatic heterocycles. The van der Waals surface area contributed by atoms with E-state index in [1.54, 1.807) is 0 Å². The van der Waals surface area contributed by atoms with E-state index in [0.717, 1.165) is 38.5 Å². The van der Waals surface area contributed by atoms with Gasteiger partial charge in [-0.1, -0.05) is 251 Å². The number of hydrogen-bond donors (Lipinski definition) is 6. The van der Waals surface area contributed by atoms with Gasteiger partial charge in [0.15, 0.2) is 6.29 Å². The molecule has 6 N–H and O–H groups in total. The van der Waals surface area contributed by atoms with Crippen LogP contribution >= 0.6 is 0 Å². The number of carbonyl (C=O) groups excluding carboxylic acids is 1. The van der Waals surface area contributed by atoms with Gasteiger partial charge in [0.2, 0.25) is 5.91 Å². The first-order chi connectivity index (χ1) is 31.8. The zero-order valence-electron chi connectivity index (χ0n) is 42.8. The maximum absolute atomic E-state index is 13.0. The number of nitrogens with one attached hydrogen (secondary N) is 1. The average Bonchev–Trinajstić information content (AvgIpc) is 3.31. The summed E-state index contributed by atoms with van der Waals surface area (Å²) in [4.78, 5) is 13.0. The first kappa shape index (κ1) is 61.9. The lowest BCUT2D eigenvalue weighted by Gasteiger charge is -2.40. The van der Waals surface area contributed by atoms with Gasteiger partial charge < -0.3 is 40.3 Å². The fourth-order valence-corrected chi connectivity index (χ4v) is 9.34. The van der Waals surface area contributed by atoms with E-state index < -0.39 is 49.5 Å². The predicted molar refractivity (Wildman–Crippen MR) is 272 cm³/mol. The van der Waals surface area contributed by atoms with Crippen molar-refractivity contribution in [1.29, 1.82) is 0 Å². The maximum atomic E-state index is 13.0. The van der Waals surface area contributed by atoms with Gasteiger partial charge >= 0.3 is 0 Å². The number of unbranched alkanes of at least 4 members (excludes halogenated alkanes) is 37. The molecule has 0 aliphatic carbocycles. The summed E-state index contributed by atoms with van der Waals surface area (Å²) in [5.41, 5.74) is 0. The van der Waals surface area contributed by atoms with Crippen LogP contribution in [0.3, 0.4) is 0 Å². The molecule has 0 bridgehead atoms. The van der Waals surface area contributed by atoms with Crippen LogP contribution in [0, 0.1) is 0 Å². The standard InChI is InChI=1S/C56H109NO8/c1-3-5-7-9-11-13-15-17-18-19-20-21-22-23-24-25-26-27-28-29-30-31-32-34-36-38-40-42-44-46-52(60)57-49(48-64-56-55(63)54(62)53(61)51(47-58)65-56)50(59)45-43-41-39-37-35-33-16-14-12-10-8-6-4-2/h23-24,49-51,53-56,58-59,61-63H,3-22,25-48H2,1-2H3,(H,57,60)/b24-23-. The van der Waals surface area contributed by atoms with Crippen molar-refractivity contribution in [3.63, 3.8) is 0 Å². The Bertz CT molecular complexity index is 1030. The summed E-state index contributed by atoms with van der Waals surface area (Å²) < 4.78 is 11.3. The van der Waals surface area contributed by atoms with E-state index >= 15 is 0 Å². The third-order valence-corrected chi connectivity index (χ3v) is 13.9. The van der Waals surface area contributed by atoms with Crippen molar-refractivity contribution in [2.24, 2.45) is 0 Å². The molecule has 1 rings (SSSR count). The lowest BCUT2D eigenvalue weighted by Crippen LogP contribution is -2.60. The third-order valence-electron chi connectivity index (χ3n) is 13.9. The van der Waals surface area contributed by atoms with Gasteiger partial charge in [-0.05, 0) is 38.5 Å². The minimum atomic E-state index is -1.55. The minimum absolute atomic E-state index is 0.134. The van der Waals surface area contributed by atoms with Crippen LogP contribution in [0.2, 0.25) is 0 Å². The molecule has 9 nitrogen and oxygen atoms in total. The van der Waals surface area contributed by atoms with Gasteiger partial charge in [0, 0.05) is 6.42 Å². The molecular formula is C56H109NO8. The molecule has 1 heterocycles. The Balaban J connectivity index is 2.13. The molecule has 7 atom stereocenters. The van der Waals surface area contributed by atoms with Crippen LogP contribution in [0.15, 0.2) is 12.2 Å². The van der Waals surface area contributed by atoms with Crippen LogP contribution in [-0.4, -0.2) is 87.5 Å². The Labute approximate surface area is 401 Å². The van der Waals surface area contributed by atoms with E-state index in [0.29, 0.717) is 12.8 Å². The van der Waals surface area contributed by atoms with Gasteiger partial charge in [0.1, 0.15) is 24.4 Å². The number of amides is 1. The highest BCUT2D eigenvalue weighted by atomic mass is 16.7. The molecule has 0 aromatic heterocycles. The molecular weight excluding hydrogens is 815 g/mol. The fraction of sp³-hybridized carbons (Fsp3) is 0.946. The van der Waals surface area contributed by atoms with E-state index in [1.807, 2.05) is 0 Å². The quantitative estimate of drug-likeness (QED) is 0.0261. The Kier molecular flexibility index (Phi) is 44.5. The van der Waals surface area contributed by atoms with Crippen molar-refractivity contribution in [3.05, 3.63) is 12.2 Å². The molecule has 0 saturated carbocycles. The Morgan fingerprint density at radius 1 is 0.508 bits per heavy atom. The van der Waals surface area contributed by atoms with Crippen LogP contribution in [0.1, 0.15) is 284 Å². The third kappa shape index (κ3) is 36.6. The van der Waals surface area contributed by atoms with Crippen LogP contribution in [-0.2, 0) is 14.3 Å². The molecule has 9 heteroatoms. The number of ether oxygens (including phenoxy) is 2. The minimum Gasteiger partial charge on any atom is -0.394 e. The summed E-state index contributed by atoms with van der Waals surface area (Å²) in [5, 5.41) is 54.5. The van der Waals surface area contributed by atoms with Gasteiger partial charge in [0.25, 0.3) is 0 Å². The van der Waals surface area contributed by atoms with E-state index in [2.05, 4.69) is 31.3 Å². The highest BCUT2D eigenvalue weighted by molar-refractivity contribution is 5.76.